The monoisotopic (exact) mass is 229 g/mol. The maximum atomic E-state index is 14.8. The highest BCUT2D eigenvalue weighted by Gasteiger charge is 2.47. The van der Waals surface area contributed by atoms with E-state index in [1.165, 1.54) is 0 Å². The van der Waals surface area contributed by atoms with Crippen molar-refractivity contribution in [2.75, 3.05) is 13.1 Å². The van der Waals surface area contributed by atoms with Crippen molar-refractivity contribution in [3.8, 4) is 0 Å². The van der Waals surface area contributed by atoms with E-state index in [0.29, 0.717) is 6.54 Å². The number of rotatable bonds is 0. The van der Waals surface area contributed by atoms with Gasteiger partial charge in [0.05, 0.1) is 0 Å². The Morgan fingerprint density at radius 1 is 1.12 bits per heavy atom. The number of piperidine rings is 1. The molecule has 1 aliphatic rings. The van der Waals surface area contributed by atoms with Crippen LogP contribution in [0, 0.1) is 11.3 Å². The molecule has 1 saturated heterocycles. The molecule has 1 nitrogen and oxygen atoms in total. The van der Waals surface area contributed by atoms with Crippen molar-refractivity contribution in [1.29, 1.82) is 0 Å². The SMILES string of the molecule is CC(C)(C)C1CCN(C(C)(C)C)CC1(C)F. The summed E-state index contributed by atoms with van der Waals surface area (Å²) in [7, 11) is 0. The smallest absolute Gasteiger partial charge is 0.124 e. The van der Waals surface area contributed by atoms with E-state index < -0.39 is 5.67 Å². The first-order valence-corrected chi connectivity index (χ1v) is 6.38. The fourth-order valence-corrected chi connectivity index (χ4v) is 3.06. The molecule has 0 N–H and O–H groups in total. The Balaban J connectivity index is 2.82. The highest BCUT2D eigenvalue weighted by molar-refractivity contribution is 4.98. The minimum absolute atomic E-state index is 0.0630. The Labute approximate surface area is 100 Å². The van der Waals surface area contributed by atoms with Gasteiger partial charge in [0.1, 0.15) is 5.67 Å². The quantitative estimate of drug-likeness (QED) is 0.609. The van der Waals surface area contributed by atoms with Crippen molar-refractivity contribution < 1.29 is 4.39 Å². The molecule has 0 bridgehead atoms. The van der Waals surface area contributed by atoms with E-state index in [0.717, 1.165) is 13.0 Å². The van der Waals surface area contributed by atoms with Gasteiger partial charge < -0.3 is 0 Å². The number of likely N-dealkylation sites (tertiary alicyclic amines) is 1. The van der Waals surface area contributed by atoms with E-state index in [1.54, 1.807) is 6.92 Å². The lowest BCUT2D eigenvalue weighted by molar-refractivity contribution is -0.0686. The minimum atomic E-state index is -1.07. The molecule has 1 aliphatic heterocycles. The third kappa shape index (κ3) is 2.97. The molecule has 0 aromatic carbocycles. The molecule has 0 saturated carbocycles. The normalized spacial score (nSPS) is 34.1. The summed E-state index contributed by atoms with van der Waals surface area (Å²) in [6.45, 7) is 16.3. The molecule has 0 aromatic heterocycles. The van der Waals surface area contributed by atoms with Crippen LogP contribution in [0.2, 0.25) is 0 Å². The third-order valence-corrected chi connectivity index (χ3v) is 3.91. The first kappa shape index (κ1) is 14.0. The highest BCUT2D eigenvalue weighted by Crippen LogP contribution is 2.43. The zero-order valence-corrected chi connectivity index (χ0v) is 12.0. The van der Waals surface area contributed by atoms with Crippen molar-refractivity contribution >= 4 is 0 Å². The maximum absolute atomic E-state index is 14.8. The summed E-state index contributed by atoms with van der Waals surface area (Å²) in [5, 5.41) is 0. The third-order valence-electron chi connectivity index (χ3n) is 3.91. The Morgan fingerprint density at radius 3 is 1.94 bits per heavy atom. The number of nitrogens with zero attached hydrogens (tertiary/aromatic N) is 1. The minimum Gasteiger partial charge on any atom is -0.295 e. The Hall–Kier alpha value is -0.110. The highest BCUT2D eigenvalue weighted by atomic mass is 19.1. The largest absolute Gasteiger partial charge is 0.295 e. The van der Waals surface area contributed by atoms with Crippen molar-refractivity contribution in [3.05, 3.63) is 0 Å². The summed E-state index contributed by atoms with van der Waals surface area (Å²) in [5.41, 5.74) is -0.923. The molecule has 0 radical (unpaired) electrons. The van der Waals surface area contributed by atoms with Crippen LogP contribution in [0.4, 0.5) is 4.39 Å². The van der Waals surface area contributed by atoms with Crippen molar-refractivity contribution in [3.63, 3.8) is 0 Å². The average Bonchev–Trinajstić information content (AvgIpc) is 1.97. The van der Waals surface area contributed by atoms with Crippen molar-refractivity contribution in [1.82, 2.24) is 4.90 Å². The summed E-state index contributed by atoms with van der Waals surface area (Å²) >= 11 is 0. The van der Waals surface area contributed by atoms with Crippen LogP contribution in [-0.2, 0) is 0 Å². The molecular formula is C14H28FN. The maximum Gasteiger partial charge on any atom is 0.124 e. The Bertz CT molecular complexity index is 244. The zero-order chi connectivity index (χ0) is 12.8. The van der Waals surface area contributed by atoms with Gasteiger partial charge in [0, 0.05) is 12.1 Å². The van der Waals surface area contributed by atoms with Gasteiger partial charge in [0.15, 0.2) is 0 Å². The standard InChI is InChI=1S/C14H28FN/c1-12(2,3)11-8-9-16(13(4,5)6)10-14(11,7)15/h11H,8-10H2,1-7H3. The second-order valence-corrected chi connectivity index (χ2v) is 7.58. The van der Waals surface area contributed by atoms with Crippen LogP contribution in [0.1, 0.15) is 54.9 Å². The Morgan fingerprint density at radius 2 is 1.62 bits per heavy atom. The topological polar surface area (TPSA) is 3.24 Å². The summed E-state index contributed by atoms with van der Waals surface area (Å²) in [6.07, 6.45) is 0.966. The lowest BCUT2D eigenvalue weighted by Crippen LogP contribution is -2.58. The molecule has 1 rings (SSSR count). The second-order valence-electron chi connectivity index (χ2n) is 7.58. The van der Waals surface area contributed by atoms with E-state index in [4.69, 9.17) is 0 Å². The molecular weight excluding hydrogens is 201 g/mol. The molecule has 0 aromatic rings. The lowest BCUT2D eigenvalue weighted by atomic mass is 9.68. The molecule has 2 unspecified atom stereocenters. The van der Waals surface area contributed by atoms with E-state index in [2.05, 4.69) is 46.4 Å². The summed E-state index contributed by atoms with van der Waals surface area (Å²) in [6, 6.07) is 0. The second kappa shape index (κ2) is 3.97. The van der Waals surface area contributed by atoms with E-state index in [9.17, 15) is 4.39 Å². The van der Waals surface area contributed by atoms with Crippen molar-refractivity contribution in [2.45, 2.75) is 66.1 Å². The molecule has 1 fully saturated rings. The van der Waals surface area contributed by atoms with E-state index >= 15 is 0 Å². The first-order valence-electron chi connectivity index (χ1n) is 6.38. The number of hydrogen-bond donors (Lipinski definition) is 0. The molecule has 96 valence electrons. The molecule has 0 aliphatic carbocycles. The van der Waals surface area contributed by atoms with E-state index in [-0.39, 0.29) is 16.9 Å². The van der Waals surface area contributed by atoms with Gasteiger partial charge in [-0.05, 0) is 52.0 Å². The zero-order valence-electron chi connectivity index (χ0n) is 12.0. The van der Waals surface area contributed by atoms with Gasteiger partial charge in [0.2, 0.25) is 0 Å². The molecule has 0 amide bonds. The van der Waals surface area contributed by atoms with Crippen LogP contribution in [0.3, 0.4) is 0 Å². The van der Waals surface area contributed by atoms with Gasteiger partial charge in [0.25, 0.3) is 0 Å². The van der Waals surface area contributed by atoms with Gasteiger partial charge in [-0.25, -0.2) is 4.39 Å². The number of alkyl halides is 1. The van der Waals surface area contributed by atoms with Crippen LogP contribution in [0.25, 0.3) is 0 Å². The molecule has 2 heteroatoms. The first-order chi connectivity index (χ1) is 6.94. The fraction of sp³-hybridized carbons (Fsp3) is 1.00. The predicted molar refractivity (Wildman–Crippen MR) is 68.4 cm³/mol. The van der Waals surface area contributed by atoms with Gasteiger partial charge in [-0.1, -0.05) is 20.8 Å². The molecule has 16 heavy (non-hydrogen) atoms. The fourth-order valence-electron chi connectivity index (χ4n) is 3.06. The van der Waals surface area contributed by atoms with Gasteiger partial charge in [-0.15, -0.1) is 0 Å². The predicted octanol–water partition coefficient (Wildman–Crippen LogP) is 3.88. The van der Waals surface area contributed by atoms with Gasteiger partial charge in [-0.2, -0.15) is 0 Å². The van der Waals surface area contributed by atoms with Gasteiger partial charge >= 0.3 is 0 Å². The molecule has 0 spiro atoms. The average molecular weight is 229 g/mol. The van der Waals surface area contributed by atoms with Crippen LogP contribution < -0.4 is 0 Å². The van der Waals surface area contributed by atoms with Crippen LogP contribution in [-0.4, -0.2) is 29.2 Å². The Kier molecular flexibility index (Phi) is 3.46. The summed E-state index contributed by atoms with van der Waals surface area (Å²) in [4.78, 5) is 2.27. The van der Waals surface area contributed by atoms with E-state index in [1.807, 2.05) is 0 Å². The van der Waals surface area contributed by atoms with Crippen LogP contribution in [0.5, 0.6) is 0 Å². The summed E-state index contributed by atoms with van der Waals surface area (Å²) < 4.78 is 14.8. The number of hydrogen-bond acceptors (Lipinski definition) is 1. The van der Waals surface area contributed by atoms with Crippen LogP contribution in [0.15, 0.2) is 0 Å². The summed E-state index contributed by atoms with van der Waals surface area (Å²) in [5.74, 6) is 0.165. The molecule has 1 heterocycles. The lowest BCUT2D eigenvalue weighted by Gasteiger charge is -2.50. The van der Waals surface area contributed by atoms with Crippen molar-refractivity contribution in [2.24, 2.45) is 11.3 Å². The molecule has 2 atom stereocenters. The number of halogens is 1. The van der Waals surface area contributed by atoms with Gasteiger partial charge in [-0.3, -0.25) is 4.90 Å². The van der Waals surface area contributed by atoms with Crippen LogP contribution >= 0.6 is 0 Å².